The standard InChI is InChI=1S/C19H22N2O4/c1-3-14-7-5-6-8-17(14)25-13-18(22)20-21-19(23)15-9-11-16(12-10-15)24-4-2/h5-12H,3-4,13H2,1-2H3,(H,20,22)(H,21,23). The van der Waals surface area contributed by atoms with Gasteiger partial charge in [-0.2, -0.15) is 0 Å². The van der Waals surface area contributed by atoms with Crippen LogP contribution >= 0.6 is 0 Å². The summed E-state index contributed by atoms with van der Waals surface area (Å²) in [5, 5.41) is 0. The Kier molecular flexibility index (Phi) is 6.83. The molecule has 132 valence electrons. The van der Waals surface area contributed by atoms with Gasteiger partial charge in [0.1, 0.15) is 11.5 Å². The highest BCUT2D eigenvalue weighted by Crippen LogP contribution is 2.17. The van der Waals surface area contributed by atoms with Gasteiger partial charge >= 0.3 is 0 Å². The second-order valence-electron chi connectivity index (χ2n) is 5.21. The summed E-state index contributed by atoms with van der Waals surface area (Å²) in [5.74, 6) is 0.500. The summed E-state index contributed by atoms with van der Waals surface area (Å²) in [5.41, 5.74) is 6.13. The number of hydrogen-bond acceptors (Lipinski definition) is 4. The minimum atomic E-state index is -0.440. The molecule has 2 amide bonds. The first-order valence-corrected chi connectivity index (χ1v) is 8.16. The molecular weight excluding hydrogens is 320 g/mol. The van der Waals surface area contributed by atoms with E-state index in [1.165, 1.54) is 0 Å². The number of para-hydroxylation sites is 1. The van der Waals surface area contributed by atoms with E-state index in [-0.39, 0.29) is 6.61 Å². The Morgan fingerprint density at radius 1 is 0.920 bits per heavy atom. The van der Waals surface area contributed by atoms with Crippen LogP contribution in [-0.2, 0) is 11.2 Å². The predicted molar refractivity (Wildman–Crippen MR) is 94.5 cm³/mol. The molecule has 25 heavy (non-hydrogen) atoms. The molecule has 0 aliphatic rings. The van der Waals surface area contributed by atoms with Gasteiger partial charge in [0.2, 0.25) is 0 Å². The lowest BCUT2D eigenvalue weighted by Gasteiger charge is -2.11. The van der Waals surface area contributed by atoms with Crippen LogP contribution in [0.15, 0.2) is 48.5 Å². The van der Waals surface area contributed by atoms with E-state index in [0.29, 0.717) is 23.7 Å². The van der Waals surface area contributed by atoms with Gasteiger partial charge in [0.05, 0.1) is 6.61 Å². The summed E-state index contributed by atoms with van der Waals surface area (Å²) in [6.45, 7) is 4.28. The average molecular weight is 342 g/mol. The average Bonchev–Trinajstić information content (AvgIpc) is 2.65. The van der Waals surface area contributed by atoms with E-state index >= 15 is 0 Å². The summed E-state index contributed by atoms with van der Waals surface area (Å²) >= 11 is 0. The third kappa shape index (κ3) is 5.53. The van der Waals surface area contributed by atoms with Crippen molar-refractivity contribution in [2.45, 2.75) is 20.3 Å². The molecule has 0 unspecified atom stereocenters. The lowest BCUT2D eigenvalue weighted by atomic mass is 10.1. The Balaban J connectivity index is 1.80. The van der Waals surface area contributed by atoms with Crippen molar-refractivity contribution in [3.8, 4) is 11.5 Å². The lowest BCUT2D eigenvalue weighted by molar-refractivity contribution is -0.123. The number of benzene rings is 2. The van der Waals surface area contributed by atoms with Crippen LogP contribution in [0.5, 0.6) is 11.5 Å². The molecule has 0 aliphatic carbocycles. The van der Waals surface area contributed by atoms with Crippen LogP contribution in [0.3, 0.4) is 0 Å². The number of ether oxygens (including phenoxy) is 2. The van der Waals surface area contributed by atoms with Gasteiger partial charge < -0.3 is 9.47 Å². The largest absolute Gasteiger partial charge is 0.494 e. The predicted octanol–water partition coefficient (Wildman–Crippen LogP) is 2.49. The van der Waals surface area contributed by atoms with Crippen LogP contribution in [0.25, 0.3) is 0 Å². The van der Waals surface area contributed by atoms with Crippen LogP contribution in [0, 0.1) is 0 Å². The smallest absolute Gasteiger partial charge is 0.276 e. The third-order valence-corrected chi connectivity index (χ3v) is 3.46. The first-order valence-electron chi connectivity index (χ1n) is 8.16. The summed E-state index contributed by atoms with van der Waals surface area (Å²) in [7, 11) is 0. The first-order chi connectivity index (χ1) is 12.1. The normalized spacial score (nSPS) is 10.0. The maximum Gasteiger partial charge on any atom is 0.276 e. The van der Waals surface area contributed by atoms with Gasteiger partial charge in [-0.1, -0.05) is 25.1 Å². The molecule has 0 aromatic heterocycles. The Morgan fingerprint density at radius 2 is 1.64 bits per heavy atom. The number of aryl methyl sites for hydroxylation is 1. The molecule has 6 nitrogen and oxygen atoms in total. The summed E-state index contributed by atoms with van der Waals surface area (Å²) in [6.07, 6.45) is 0.812. The highest BCUT2D eigenvalue weighted by molar-refractivity contribution is 5.95. The van der Waals surface area contributed by atoms with E-state index in [1.54, 1.807) is 24.3 Å². The number of nitrogens with one attached hydrogen (secondary N) is 2. The molecule has 0 bridgehead atoms. The van der Waals surface area contributed by atoms with Crippen LogP contribution < -0.4 is 20.3 Å². The van der Waals surface area contributed by atoms with E-state index in [0.717, 1.165) is 12.0 Å². The molecule has 0 saturated carbocycles. The number of rotatable bonds is 7. The maximum absolute atomic E-state index is 12.0. The van der Waals surface area contributed by atoms with Crippen molar-refractivity contribution in [1.29, 1.82) is 0 Å². The molecule has 0 fully saturated rings. The van der Waals surface area contributed by atoms with E-state index in [1.807, 2.05) is 38.1 Å². The summed E-state index contributed by atoms with van der Waals surface area (Å²) in [4.78, 5) is 23.8. The minimum absolute atomic E-state index is 0.180. The van der Waals surface area contributed by atoms with Gasteiger partial charge in [0.15, 0.2) is 6.61 Å². The van der Waals surface area contributed by atoms with Crippen molar-refractivity contribution in [3.05, 3.63) is 59.7 Å². The number of hydrazine groups is 1. The number of carbonyl (C=O) groups is 2. The van der Waals surface area contributed by atoms with Gasteiger partial charge in [-0.3, -0.25) is 20.4 Å². The van der Waals surface area contributed by atoms with Crippen LogP contribution in [0.2, 0.25) is 0 Å². The first kappa shape index (κ1) is 18.3. The van der Waals surface area contributed by atoms with E-state index in [9.17, 15) is 9.59 Å². The number of amides is 2. The summed E-state index contributed by atoms with van der Waals surface area (Å²) < 4.78 is 10.8. The SMILES string of the molecule is CCOc1ccc(C(=O)NNC(=O)COc2ccccc2CC)cc1. The fraction of sp³-hybridized carbons (Fsp3) is 0.263. The number of carbonyl (C=O) groups excluding carboxylic acids is 2. The number of hydrogen-bond donors (Lipinski definition) is 2. The maximum atomic E-state index is 12.0. The molecule has 2 rings (SSSR count). The molecule has 2 aromatic rings. The molecule has 0 radical (unpaired) electrons. The molecule has 0 spiro atoms. The van der Waals surface area contributed by atoms with Gasteiger partial charge in [-0.25, -0.2) is 0 Å². The topological polar surface area (TPSA) is 76.7 Å². The van der Waals surface area contributed by atoms with Crippen molar-refractivity contribution in [3.63, 3.8) is 0 Å². The molecule has 0 saturated heterocycles. The van der Waals surface area contributed by atoms with Crippen molar-refractivity contribution in [1.82, 2.24) is 10.9 Å². The second kappa shape index (κ2) is 9.32. The van der Waals surface area contributed by atoms with Crippen molar-refractivity contribution < 1.29 is 19.1 Å². The van der Waals surface area contributed by atoms with Crippen molar-refractivity contribution in [2.75, 3.05) is 13.2 Å². The van der Waals surface area contributed by atoms with E-state index < -0.39 is 11.8 Å². The zero-order chi connectivity index (χ0) is 18.1. The Labute approximate surface area is 147 Å². The Bertz CT molecular complexity index is 714. The monoisotopic (exact) mass is 342 g/mol. The highest BCUT2D eigenvalue weighted by Gasteiger charge is 2.09. The fourth-order valence-electron chi connectivity index (χ4n) is 2.18. The quantitative estimate of drug-likeness (QED) is 0.758. The summed E-state index contributed by atoms with van der Waals surface area (Å²) in [6, 6.07) is 14.2. The molecule has 0 aliphatic heterocycles. The van der Waals surface area contributed by atoms with Gasteiger partial charge in [0, 0.05) is 5.56 Å². The molecular formula is C19H22N2O4. The van der Waals surface area contributed by atoms with Crippen molar-refractivity contribution >= 4 is 11.8 Å². The molecule has 0 heterocycles. The van der Waals surface area contributed by atoms with E-state index in [2.05, 4.69) is 10.9 Å². The van der Waals surface area contributed by atoms with Crippen LogP contribution in [-0.4, -0.2) is 25.0 Å². The zero-order valence-corrected chi connectivity index (χ0v) is 14.4. The van der Waals surface area contributed by atoms with Gasteiger partial charge in [-0.15, -0.1) is 0 Å². The van der Waals surface area contributed by atoms with Crippen LogP contribution in [0.1, 0.15) is 29.8 Å². The third-order valence-electron chi connectivity index (χ3n) is 3.46. The van der Waals surface area contributed by atoms with Crippen molar-refractivity contribution in [2.24, 2.45) is 0 Å². The molecule has 6 heteroatoms. The molecule has 2 N–H and O–H groups in total. The Morgan fingerprint density at radius 3 is 2.32 bits per heavy atom. The second-order valence-corrected chi connectivity index (χ2v) is 5.21. The fourth-order valence-corrected chi connectivity index (χ4v) is 2.18. The molecule has 0 atom stereocenters. The molecule has 2 aromatic carbocycles. The minimum Gasteiger partial charge on any atom is -0.494 e. The Hall–Kier alpha value is -3.02. The lowest BCUT2D eigenvalue weighted by Crippen LogP contribution is -2.43. The highest BCUT2D eigenvalue weighted by atomic mass is 16.5. The van der Waals surface area contributed by atoms with E-state index in [4.69, 9.17) is 9.47 Å². The van der Waals surface area contributed by atoms with Crippen LogP contribution in [0.4, 0.5) is 0 Å². The van der Waals surface area contributed by atoms with Gasteiger partial charge in [-0.05, 0) is 49.2 Å². The van der Waals surface area contributed by atoms with Gasteiger partial charge in [0.25, 0.3) is 11.8 Å². The zero-order valence-electron chi connectivity index (χ0n) is 14.4.